The third kappa shape index (κ3) is 4.37. The van der Waals surface area contributed by atoms with Crippen molar-refractivity contribution in [2.75, 3.05) is 6.61 Å². The summed E-state index contributed by atoms with van der Waals surface area (Å²) in [5.41, 5.74) is 1.40. The van der Waals surface area contributed by atoms with Gasteiger partial charge in [0.15, 0.2) is 0 Å². The first-order chi connectivity index (χ1) is 8.71. The quantitative estimate of drug-likeness (QED) is 0.734. The van der Waals surface area contributed by atoms with E-state index < -0.39 is 0 Å². The van der Waals surface area contributed by atoms with Gasteiger partial charge in [-0.2, -0.15) is 5.26 Å². The molecule has 0 aliphatic heterocycles. The van der Waals surface area contributed by atoms with Gasteiger partial charge < -0.3 is 4.74 Å². The molecule has 0 aliphatic rings. The maximum absolute atomic E-state index is 9.00. The second-order valence-corrected chi connectivity index (χ2v) is 4.64. The Morgan fingerprint density at radius 2 is 2.17 bits per heavy atom. The van der Waals surface area contributed by atoms with Crippen LogP contribution in [0.3, 0.4) is 0 Å². The van der Waals surface area contributed by atoms with Gasteiger partial charge in [-0.1, -0.05) is 33.1 Å². The van der Waals surface area contributed by atoms with E-state index in [2.05, 4.69) is 24.9 Å². The van der Waals surface area contributed by atoms with Crippen LogP contribution in [-0.4, -0.2) is 11.6 Å². The Labute approximate surface area is 110 Å². The van der Waals surface area contributed by atoms with Crippen LogP contribution >= 0.6 is 0 Å². The number of nitrogens with zero attached hydrogens (tertiary/aromatic N) is 2. The van der Waals surface area contributed by atoms with Crippen LogP contribution in [0.1, 0.15) is 50.8 Å². The van der Waals surface area contributed by atoms with E-state index in [1.54, 1.807) is 6.07 Å². The van der Waals surface area contributed by atoms with Gasteiger partial charge >= 0.3 is 0 Å². The molecule has 0 bridgehead atoms. The lowest BCUT2D eigenvalue weighted by molar-refractivity contribution is 0.225. The summed E-state index contributed by atoms with van der Waals surface area (Å²) in [7, 11) is 0. The van der Waals surface area contributed by atoms with Crippen molar-refractivity contribution in [3.8, 4) is 11.9 Å². The monoisotopic (exact) mass is 246 g/mol. The summed E-state index contributed by atoms with van der Waals surface area (Å²) < 4.78 is 5.73. The van der Waals surface area contributed by atoms with E-state index in [1.807, 2.05) is 13.0 Å². The lowest BCUT2D eigenvalue weighted by Gasteiger charge is -2.15. The molecular formula is C15H22N2O. The van der Waals surface area contributed by atoms with E-state index in [0.717, 1.165) is 12.1 Å². The molecule has 1 rings (SSSR count). The van der Waals surface area contributed by atoms with E-state index in [4.69, 9.17) is 10.00 Å². The Morgan fingerprint density at radius 1 is 1.39 bits per heavy atom. The third-order valence-electron chi connectivity index (χ3n) is 3.12. The molecule has 1 atom stereocenters. The van der Waals surface area contributed by atoms with Gasteiger partial charge in [-0.15, -0.1) is 0 Å². The number of hydrogen-bond donors (Lipinski definition) is 0. The van der Waals surface area contributed by atoms with E-state index in [1.165, 1.54) is 19.3 Å². The molecule has 3 heteroatoms. The number of ether oxygens (including phenoxy) is 1. The Bertz CT molecular complexity index is 409. The first-order valence-corrected chi connectivity index (χ1v) is 6.71. The molecule has 0 aromatic carbocycles. The van der Waals surface area contributed by atoms with Crippen molar-refractivity contribution >= 4 is 0 Å². The van der Waals surface area contributed by atoms with Gasteiger partial charge in [0.1, 0.15) is 11.6 Å². The molecule has 1 heterocycles. The standard InChI is InChI=1S/C15H22N2O/c1-4-6-7-13(5-2)11-18-15-14(10-16)9-8-12(3)17-15/h8-9,13H,4-7,11H2,1-3H3. The Morgan fingerprint density at radius 3 is 2.78 bits per heavy atom. The Balaban J connectivity index is 2.61. The largest absolute Gasteiger partial charge is 0.476 e. The summed E-state index contributed by atoms with van der Waals surface area (Å²) in [5, 5.41) is 9.00. The zero-order valence-electron chi connectivity index (χ0n) is 11.6. The molecule has 3 nitrogen and oxygen atoms in total. The summed E-state index contributed by atoms with van der Waals surface area (Å²) in [4.78, 5) is 4.29. The van der Waals surface area contributed by atoms with Crippen LogP contribution in [0.2, 0.25) is 0 Å². The average molecular weight is 246 g/mol. The van der Waals surface area contributed by atoms with E-state index in [0.29, 0.717) is 24.0 Å². The lowest BCUT2D eigenvalue weighted by Crippen LogP contribution is -2.12. The van der Waals surface area contributed by atoms with Crippen molar-refractivity contribution in [2.24, 2.45) is 5.92 Å². The molecule has 18 heavy (non-hydrogen) atoms. The van der Waals surface area contributed by atoms with Crippen molar-refractivity contribution in [3.05, 3.63) is 23.4 Å². The number of unbranched alkanes of at least 4 members (excludes halogenated alkanes) is 1. The summed E-state index contributed by atoms with van der Waals surface area (Å²) in [6.45, 7) is 6.94. The van der Waals surface area contributed by atoms with Gasteiger partial charge in [0.05, 0.1) is 6.61 Å². The van der Waals surface area contributed by atoms with E-state index in [9.17, 15) is 0 Å². The van der Waals surface area contributed by atoms with Crippen LogP contribution in [0.5, 0.6) is 5.88 Å². The van der Waals surface area contributed by atoms with Gasteiger partial charge in [-0.3, -0.25) is 0 Å². The van der Waals surface area contributed by atoms with Gasteiger partial charge in [0.25, 0.3) is 0 Å². The fourth-order valence-corrected chi connectivity index (χ4v) is 1.82. The summed E-state index contributed by atoms with van der Waals surface area (Å²) >= 11 is 0. The van der Waals surface area contributed by atoms with Gasteiger partial charge in [0, 0.05) is 5.69 Å². The Hall–Kier alpha value is -1.56. The Kier molecular flexibility index (Phi) is 6.21. The number of hydrogen-bond acceptors (Lipinski definition) is 3. The number of aryl methyl sites for hydroxylation is 1. The molecule has 1 unspecified atom stereocenters. The SMILES string of the molecule is CCCCC(CC)COc1nc(C)ccc1C#N. The van der Waals surface area contributed by atoms with Crippen molar-refractivity contribution in [3.63, 3.8) is 0 Å². The highest BCUT2D eigenvalue weighted by molar-refractivity contribution is 5.38. The maximum atomic E-state index is 9.00. The highest BCUT2D eigenvalue weighted by Gasteiger charge is 2.10. The summed E-state index contributed by atoms with van der Waals surface area (Å²) in [5.74, 6) is 1.03. The number of aromatic nitrogens is 1. The minimum Gasteiger partial charge on any atom is -0.476 e. The minimum absolute atomic E-state index is 0.479. The molecule has 0 fully saturated rings. The van der Waals surface area contributed by atoms with Gasteiger partial charge in [0.2, 0.25) is 5.88 Å². The second kappa shape index (κ2) is 7.71. The van der Waals surface area contributed by atoms with Crippen LogP contribution in [-0.2, 0) is 0 Å². The zero-order chi connectivity index (χ0) is 13.4. The molecular weight excluding hydrogens is 224 g/mol. The highest BCUT2D eigenvalue weighted by Crippen LogP contribution is 2.18. The summed E-state index contributed by atoms with van der Waals surface area (Å²) in [6.07, 6.45) is 4.73. The van der Waals surface area contributed by atoms with Gasteiger partial charge in [-0.25, -0.2) is 4.98 Å². The van der Waals surface area contributed by atoms with Crippen molar-refractivity contribution in [2.45, 2.75) is 46.5 Å². The van der Waals surface area contributed by atoms with Crippen LogP contribution < -0.4 is 4.74 Å². The average Bonchev–Trinajstić information content (AvgIpc) is 2.39. The van der Waals surface area contributed by atoms with Crippen LogP contribution in [0, 0.1) is 24.2 Å². The first kappa shape index (κ1) is 14.5. The fraction of sp³-hybridized carbons (Fsp3) is 0.600. The first-order valence-electron chi connectivity index (χ1n) is 6.71. The van der Waals surface area contributed by atoms with E-state index in [-0.39, 0.29) is 0 Å². The van der Waals surface area contributed by atoms with Crippen molar-refractivity contribution < 1.29 is 4.74 Å². The molecule has 98 valence electrons. The molecule has 0 amide bonds. The fourth-order valence-electron chi connectivity index (χ4n) is 1.82. The summed E-state index contributed by atoms with van der Waals surface area (Å²) in [6, 6.07) is 5.72. The second-order valence-electron chi connectivity index (χ2n) is 4.64. The number of nitriles is 1. The predicted molar refractivity (Wildman–Crippen MR) is 72.5 cm³/mol. The zero-order valence-corrected chi connectivity index (χ0v) is 11.6. The minimum atomic E-state index is 0.479. The number of pyridine rings is 1. The van der Waals surface area contributed by atoms with Crippen LogP contribution in [0.4, 0.5) is 0 Å². The molecule has 0 saturated heterocycles. The molecule has 0 radical (unpaired) electrons. The van der Waals surface area contributed by atoms with E-state index >= 15 is 0 Å². The lowest BCUT2D eigenvalue weighted by atomic mass is 10.0. The molecule has 1 aromatic rings. The molecule has 1 aromatic heterocycles. The number of rotatable bonds is 7. The topological polar surface area (TPSA) is 45.9 Å². The van der Waals surface area contributed by atoms with Crippen molar-refractivity contribution in [1.82, 2.24) is 4.98 Å². The predicted octanol–water partition coefficient (Wildman–Crippen LogP) is 3.86. The smallest absolute Gasteiger partial charge is 0.231 e. The van der Waals surface area contributed by atoms with Crippen LogP contribution in [0.25, 0.3) is 0 Å². The van der Waals surface area contributed by atoms with Crippen molar-refractivity contribution in [1.29, 1.82) is 5.26 Å². The van der Waals surface area contributed by atoms with Crippen LogP contribution in [0.15, 0.2) is 12.1 Å². The highest BCUT2D eigenvalue weighted by atomic mass is 16.5. The molecule has 0 spiro atoms. The third-order valence-corrected chi connectivity index (χ3v) is 3.12. The molecule has 0 aliphatic carbocycles. The maximum Gasteiger partial charge on any atom is 0.231 e. The molecule has 0 saturated carbocycles. The molecule has 0 N–H and O–H groups in total. The normalized spacial score (nSPS) is 11.9. The van der Waals surface area contributed by atoms with Gasteiger partial charge in [-0.05, 0) is 31.4 Å².